The van der Waals surface area contributed by atoms with Crippen molar-refractivity contribution in [1.29, 1.82) is 0 Å². The van der Waals surface area contributed by atoms with Gasteiger partial charge in [-0.05, 0) is 29.8 Å². The summed E-state index contributed by atoms with van der Waals surface area (Å²) in [5.74, 6) is 0.826. The summed E-state index contributed by atoms with van der Waals surface area (Å²) < 4.78 is 1.79. The maximum atomic E-state index is 5.90. The molecule has 0 saturated heterocycles. The molecule has 0 aliphatic rings. The van der Waals surface area contributed by atoms with Gasteiger partial charge in [0.2, 0.25) is 10.1 Å². The first-order valence-corrected chi connectivity index (χ1v) is 8.25. The van der Waals surface area contributed by atoms with E-state index in [1.54, 1.807) is 4.52 Å². The van der Waals surface area contributed by atoms with Crippen LogP contribution in [0.1, 0.15) is 11.4 Å². The topological polar surface area (TPSA) is 55.1 Å². The molecule has 4 aromatic rings. The molecule has 0 saturated carbocycles. The Kier molecular flexibility index (Phi) is 3.69. The van der Waals surface area contributed by atoms with Gasteiger partial charge in [0.15, 0.2) is 5.82 Å². The number of nitrogens with one attached hydrogen (secondary N) is 1. The van der Waals surface area contributed by atoms with Crippen LogP contribution in [0.3, 0.4) is 0 Å². The fraction of sp³-hybridized carbons (Fsp3) is 0.0625. The van der Waals surface area contributed by atoms with E-state index in [0.29, 0.717) is 11.4 Å². The van der Waals surface area contributed by atoms with E-state index < -0.39 is 0 Å². The summed E-state index contributed by atoms with van der Waals surface area (Å²) in [7, 11) is 0. The second kappa shape index (κ2) is 5.98. The number of nitrogens with zero attached hydrogens (tertiary/aromatic N) is 4. The van der Waals surface area contributed by atoms with Gasteiger partial charge in [-0.2, -0.15) is 4.52 Å². The highest BCUT2D eigenvalue weighted by Crippen LogP contribution is 2.24. The van der Waals surface area contributed by atoms with Gasteiger partial charge in [0, 0.05) is 17.1 Å². The second-order valence-electron chi connectivity index (χ2n) is 5.01. The lowest BCUT2D eigenvalue weighted by atomic mass is 10.1. The van der Waals surface area contributed by atoms with Crippen molar-refractivity contribution in [3.8, 4) is 0 Å². The number of benzene rings is 2. The van der Waals surface area contributed by atoms with E-state index >= 15 is 0 Å². The van der Waals surface area contributed by atoms with Crippen LogP contribution in [0, 0.1) is 0 Å². The molecule has 0 atom stereocenters. The Balaban J connectivity index is 1.60. The quantitative estimate of drug-likeness (QED) is 0.605. The lowest BCUT2D eigenvalue weighted by molar-refractivity contribution is 0.854. The molecule has 4 rings (SSSR count). The van der Waals surface area contributed by atoms with Gasteiger partial charge in [-0.15, -0.1) is 15.3 Å². The van der Waals surface area contributed by atoms with Gasteiger partial charge in [0.1, 0.15) is 0 Å². The van der Waals surface area contributed by atoms with Crippen molar-refractivity contribution in [2.75, 3.05) is 5.32 Å². The molecule has 7 heteroatoms. The van der Waals surface area contributed by atoms with Crippen LogP contribution in [0.4, 0.5) is 10.8 Å². The van der Waals surface area contributed by atoms with Crippen molar-refractivity contribution < 1.29 is 0 Å². The molecule has 0 aliphatic heterocycles. The molecule has 5 nitrogen and oxygen atoms in total. The fourth-order valence-electron chi connectivity index (χ4n) is 2.25. The fourth-order valence-corrected chi connectivity index (χ4v) is 3.16. The van der Waals surface area contributed by atoms with Crippen LogP contribution < -0.4 is 5.32 Å². The molecule has 1 N–H and O–H groups in total. The van der Waals surface area contributed by atoms with E-state index in [4.69, 9.17) is 11.6 Å². The number of hydrogen-bond acceptors (Lipinski definition) is 5. The lowest BCUT2D eigenvalue weighted by Gasteiger charge is -2.01. The van der Waals surface area contributed by atoms with Crippen molar-refractivity contribution in [2.24, 2.45) is 0 Å². The number of rotatable bonds is 4. The van der Waals surface area contributed by atoms with Crippen LogP contribution in [0.2, 0.25) is 5.02 Å². The van der Waals surface area contributed by atoms with E-state index in [1.807, 2.05) is 42.5 Å². The van der Waals surface area contributed by atoms with Gasteiger partial charge in [0.25, 0.3) is 0 Å². The van der Waals surface area contributed by atoms with Gasteiger partial charge < -0.3 is 5.32 Å². The van der Waals surface area contributed by atoms with E-state index in [9.17, 15) is 0 Å². The van der Waals surface area contributed by atoms with Crippen LogP contribution in [-0.4, -0.2) is 19.8 Å². The number of halogens is 1. The smallest absolute Gasteiger partial charge is 0.236 e. The normalized spacial score (nSPS) is 11.0. The van der Waals surface area contributed by atoms with Crippen LogP contribution in [-0.2, 0) is 6.42 Å². The van der Waals surface area contributed by atoms with Crippen LogP contribution in [0.15, 0.2) is 54.6 Å². The van der Waals surface area contributed by atoms with Crippen LogP contribution >= 0.6 is 22.9 Å². The van der Waals surface area contributed by atoms with E-state index in [0.717, 1.165) is 21.6 Å². The number of anilines is 2. The third kappa shape index (κ3) is 3.04. The molecule has 2 aromatic carbocycles. The minimum Gasteiger partial charge on any atom is -0.330 e. The highest BCUT2D eigenvalue weighted by molar-refractivity contribution is 7.20. The highest BCUT2D eigenvalue weighted by atomic mass is 35.5. The first-order valence-electron chi connectivity index (χ1n) is 7.05. The van der Waals surface area contributed by atoms with E-state index in [2.05, 4.69) is 32.7 Å². The summed E-state index contributed by atoms with van der Waals surface area (Å²) >= 11 is 7.36. The van der Waals surface area contributed by atoms with Gasteiger partial charge in [0.05, 0.1) is 0 Å². The Morgan fingerprint density at radius 3 is 2.57 bits per heavy atom. The summed E-state index contributed by atoms with van der Waals surface area (Å²) in [6.07, 6.45) is 0.701. The summed E-state index contributed by atoms with van der Waals surface area (Å²) in [5, 5.41) is 17.7. The molecule has 0 fully saturated rings. The van der Waals surface area contributed by atoms with Crippen molar-refractivity contribution in [2.45, 2.75) is 6.42 Å². The number of hydrogen-bond donors (Lipinski definition) is 1. The van der Waals surface area contributed by atoms with E-state index in [1.165, 1.54) is 16.9 Å². The molecule has 0 aliphatic carbocycles. The minimum absolute atomic E-state index is 0.701. The molecule has 0 radical (unpaired) electrons. The standard InChI is InChI=1S/C16H12ClN5S/c17-12-6-8-13(9-7-12)18-15-21-22-14(19-20-16(22)23-15)10-11-4-2-1-3-5-11/h1-9H,10H2,(H,18,21). The summed E-state index contributed by atoms with van der Waals surface area (Å²) in [4.78, 5) is 0.771. The molecule has 0 amide bonds. The summed E-state index contributed by atoms with van der Waals surface area (Å²) in [6, 6.07) is 17.7. The third-order valence-corrected chi connectivity index (χ3v) is 4.42. The van der Waals surface area contributed by atoms with E-state index in [-0.39, 0.29) is 0 Å². The first-order chi connectivity index (χ1) is 11.3. The zero-order valence-electron chi connectivity index (χ0n) is 12.0. The molecule has 0 spiro atoms. The average molecular weight is 342 g/mol. The van der Waals surface area contributed by atoms with Crippen molar-refractivity contribution in [3.63, 3.8) is 0 Å². The van der Waals surface area contributed by atoms with Gasteiger partial charge in [-0.25, -0.2) is 0 Å². The van der Waals surface area contributed by atoms with Gasteiger partial charge >= 0.3 is 0 Å². The average Bonchev–Trinajstić information content (AvgIpc) is 3.12. The van der Waals surface area contributed by atoms with Crippen molar-refractivity contribution in [3.05, 3.63) is 71.0 Å². The first kappa shape index (κ1) is 14.2. The van der Waals surface area contributed by atoms with Gasteiger partial charge in [-0.1, -0.05) is 53.3 Å². The monoisotopic (exact) mass is 341 g/mol. The zero-order chi connectivity index (χ0) is 15.6. The molecule has 23 heavy (non-hydrogen) atoms. The molecule has 2 heterocycles. The zero-order valence-corrected chi connectivity index (χ0v) is 13.6. The molecule has 2 aromatic heterocycles. The Bertz CT molecular complexity index is 930. The van der Waals surface area contributed by atoms with Crippen molar-refractivity contribution in [1.82, 2.24) is 19.8 Å². The molecular formula is C16H12ClN5S. The van der Waals surface area contributed by atoms with Crippen molar-refractivity contribution >= 4 is 38.7 Å². The molecule has 0 unspecified atom stereocenters. The Morgan fingerprint density at radius 1 is 1.00 bits per heavy atom. The predicted octanol–water partition coefficient (Wildman–Crippen LogP) is 4.17. The highest BCUT2D eigenvalue weighted by Gasteiger charge is 2.12. The Labute approximate surface area is 141 Å². The molecule has 114 valence electrons. The summed E-state index contributed by atoms with van der Waals surface area (Å²) in [6.45, 7) is 0. The summed E-state index contributed by atoms with van der Waals surface area (Å²) in [5.41, 5.74) is 2.12. The Hall–Kier alpha value is -2.44. The maximum Gasteiger partial charge on any atom is 0.236 e. The SMILES string of the molecule is Clc1ccc(Nc2nn3c(Cc4ccccc4)nnc3s2)cc1. The predicted molar refractivity (Wildman–Crippen MR) is 92.6 cm³/mol. The maximum absolute atomic E-state index is 5.90. The second-order valence-corrected chi connectivity index (χ2v) is 6.40. The Morgan fingerprint density at radius 2 is 1.78 bits per heavy atom. The number of aromatic nitrogens is 4. The lowest BCUT2D eigenvalue weighted by Crippen LogP contribution is -1.98. The minimum atomic E-state index is 0.701. The largest absolute Gasteiger partial charge is 0.330 e. The van der Waals surface area contributed by atoms with Gasteiger partial charge in [-0.3, -0.25) is 0 Å². The third-order valence-electron chi connectivity index (χ3n) is 3.36. The van der Waals surface area contributed by atoms with Crippen LogP contribution in [0.5, 0.6) is 0 Å². The molecular weight excluding hydrogens is 330 g/mol. The number of fused-ring (bicyclic) bond motifs is 1. The molecule has 0 bridgehead atoms. The van der Waals surface area contributed by atoms with Crippen LogP contribution in [0.25, 0.3) is 4.96 Å².